The first-order chi connectivity index (χ1) is 11.2. The fourth-order valence-corrected chi connectivity index (χ4v) is 2.62. The van der Waals surface area contributed by atoms with E-state index in [1.165, 1.54) is 10.9 Å². The van der Waals surface area contributed by atoms with Crippen molar-refractivity contribution in [2.45, 2.75) is 13.0 Å². The van der Waals surface area contributed by atoms with Gasteiger partial charge in [0.1, 0.15) is 11.9 Å². The van der Waals surface area contributed by atoms with Gasteiger partial charge < -0.3 is 14.4 Å². The third-order valence-electron chi connectivity index (χ3n) is 3.93. The van der Waals surface area contributed by atoms with Gasteiger partial charge in [-0.1, -0.05) is 36.4 Å². The summed E-state index contributed by atoms with van der Waals surface area (Å²) >= 11 is 0. The minimum absolute atomic E-state index is 0.00124. The Kier molecular flexibility index (Phi) is 4.49. The normalized spacial score (nSPS) is 12.8. The van der Waals surface area contributed by atoms with Gasteiger partial charge in [0, 0.05) is 29.2 Å². The molecule has 0 saturated heterocycles. The van der Waals surface area contributed by atoms with E-state index >= 15 is 0 Å². The lowest BCUT2D eigenvalue weighted by molar-refractivity contribution is 0.129. The smallest absolute Gasteiger partial charge is 0.127 e. The van der Waals surface area contributed by atoms with Gasteiger partial charge in [0.25, 0.3) is 0 Å². The van der Waals surface area contributed by atoms with Gasteiger partial charge in [-0.25, -0.2) is 0 Å². The quantitative estimate of drug-likeness (QED) is 0.770. The third kappa shape index (κ3) is 3.30. The molecule has 0 aliphatic carbocycles. The zero-order valence-electron chi connectivity index (χ0n) is 13.4. The molecule has 3 nitrogen and oxygen atoms in total. The number of benzene rings is 2. The molecule has 118 valence electrons. The molecule has 0 radical (unpaired) electrons. The number of aliphatic hydroxyl groups excluding tert-OH is 1. The first kappa shape index (κ1) is 15.4. The number of para-hydroxylation sites is 2. The highest BCUT2D eigenvalue weighted by molar-refractivity contribution is 5.85. The number of rotatable bonds is 5. The Labute approximate surface area is 136 Å². The van der Waals surface area contributed by atoms with Crippen LogP contribution in [0.25, 0.3) is 23.1 Å². The molecule has 1 aromatic heterocycles. The lowest BCUT2D eigenvalue weighted by Crippen LogP contribution is -2.16. The van der Waals surface area contributed by atoms with E-state index in [4.69, 9.17) is 9.84 Å². The molecule has 3 rings (SSSR count). The molecule has 0 aliphatic heterocycles. The largest absolute Gasteiger partial charge is 0.488 e. The molecule has 3 aromatic rings. The molecule has 0 unspecified atom stereocenters. The lowest BCUT2D eigenvalue weighted by atomic mass is 10.1. The molecule has 0 bridgehead atoms. The number of aryl methyl sites for hydroxylation is 1. The highest BCUT2D eigenvalue weighted by Gasteiger charge is 2.06. The Bertz CT molecular complexity index is 833. The van der Waals surface area contributed by atoms with Gasteiger partial charge in [-0.2, -0.15) is 0 Å². The second-order valence-electron chi connectivity index (χ2n) is 5.67. The summed E-state index contributed by atoms with van der Waals surface area (Å²) in [6.45, 7) is 1.85. The number of aliphatic hydroxyl groups is 1. The third-order valence-corrected chi connectivity index (χ3v) is 3.93. The summed E-state index contributed by atoms with van der Waals surface area (Å²) in [6, 6.07) is 18.4. The van der Waals surface area contributed by atoms with Crippen molar-refractivity contribution in [1.29, 1.82) is 0 Å². The Morgan fingerprint density at radius 2 is 1.83 bits per heavy atom. The summed E-state index contributed by atoms with van der Waals surface area (Å²) in [6.07, 6.45) is 3.92. The van der Waals surface area contributed by atoms with Crippen LogP contribution < -0.4 is 4.74 Å². The maximum absolute atomic E-state index is 9.17. The summed E-state index contributed by atoms with van der Waals surface area (Å²) < 4.78 is 7.94. The van der Waals surface area contributed by atoms with Gasteiger partial charge in [0.15, 0.2) is 0 Å². The minimum Gasteiger partial charge on any atom is -0.488 e. The Hall–Kier alpha value is -2.52. The van der Waals surface area contributed by atoms with Gasteiger partial charge in [0.2, 0.25) is 0 Å². The minimum atomic E-state index is -0.220. The van der Waals surface area contributed by atoms with Crippen LogP contribution in [0.5, 0.6) is 5.75 Å². The van der Waals surface area contributed by atoms with Crippen LogP contribution in [-0.2, 0) is 7.05 Å². The average Bonchev–Trinajstić information content (AvgIpc) is 2.90. The van der Waals surface area contributed by atoms with Crippen molar-refractivity contribution in [3.63, 3.8) is 0 Å². The van der Waals surface area contributed by atoms with Crippen LogP contribution in [0.2, 0.25) is 0 Å². The van der Waals surface area contributed by atoms with E-state index in [0.29, 0.717) is 0 Å². The molecule has 0 aliphatic rings. The molecule has 0 fully saturated rings. The fraction of sp³-hybridized carbons (Fsp3) is 0.200. The van der Waals surface area contributed by atoms with Crippen LogP contribution >= 0.6 is 0 Å². The fourth-order valence-electron chi connectivity index (χ4n) is 2.62. The van der Waals surface area contributed by atoms with Gasteiger partial charge in [-0.3, -0.25) is 0 Å². The van der Waals surface area contributed by atoms with Crippen LogP contribution in [-0.4, -0.2) is 22.4 Å². The Morgan fingerprint density at radius 1 is 1.09 bits per heavy atom. The summed E-state index contributed by atoms with van der Waals surface area (Å²) in [5, 5.41) is 10.4. The number of ether oxygens (including phenoxy) is 1. The van der Waals surface area contributed by atoms with Gasteiger partial charge in [0.05, 0.1) is 6.61 Å². The van der Waals surface area contributed by atoms with E-state index in [2.05, 4.69) is 48.0 Å². The Balaban J connectivity index is 1.91. The topological polar surface area (TPSA) is 34.4 Å². The molecular formula is C20H21NO2. The van der Waals surface area contributed by atoms with Crippen LogP contribution in [0.4, 0.5) is 0 Å². The van der Waals surface area contributed by atoms with Crippen molar-refractivity contribution in [3.05, 3.63) is 65.9 Å². The van der Waals surface area contributed by atoms with E-state index in [0.717, 1.165) is 17.0 Å². The first-order valence-electron chi connectivity index (χ1n) is 7.78. The summed E-state index contributed by atoms with van der Waals surface area (Å²) in [4.78, 5) is 0. The maximum atomic E-state index is 9.17. The molecular weight excluding hydrogens is 286 g/mol. The van der Waals surface area contributed by atoms with Gasteiger partial charge in [-0.05, 0) is 37.3 Å². The molecule has 2 aromatic carbocycles. The number of fused-ring (bicyclic) bond motifs is 1. The monoisotopic (exact) mass is 307 g/mol. The average molecular weight is 307 g/mol. The zero-order chi connectivity index (χ0) is 16.2. The molecule has 1 heterocycles. The van der Waals surface area contributed by atoms with Gasteiger partial charge in [-0.15, -0.1) is 0 Å². The predicted octanol–water partition coefficient (Wildman–Crippen LogP) is 4.11. The molecule has 1 N–H and O–H groups in total. The summed E-state index contributed by atoms with van der Waals surface area (Å²) in [7, 11) is 2.07. The highest BCUT2D eigenvalue weighted by atomic mass is 16.5. The van der Waals surface area contributed by atoms with Crippen LogP contribution in [0.15, 0.2) is 54.6 Å². The molecule has 0 amide bonds. The SMILES string of the molecule is C[C@H](CO)Oc1ccccc1/C=C/c1cc2ccccc2n1C. The van der Waals surface area contributed by atoms with Crippen molar-refractivity contribution in [2.75, 3.05) is 6.61 Å². The lowest BCUT2D eigenvalue weighted by Gasteiger charge is -2.14. The van der Waals surface area contributed by atoms with Crippen LogP contribution in [0.3, 0.4) is 0 Å². The van der Waals surface area contributed by atoms with E-state index in [1.54, 1.807) is 0 Å². The van der Waals surface area contributed by atoms with Gasteiger partial charge >= 0.3 is 0 Å². The second kappa shape index (κ2) is 6.71. The second-order valence-corrected chi connectivity index (χ2v) is 5.67. The maximum Gasteiger partial charge on any atom is 0.127 e. The van der Waals surface area contributed by atoms with E-state index in [9.17, 15) is 0 Å². The Morgan fingerprint density at radius 3 is 2.61 bits per heavy atom. The highest BCUT2D eigenvalue weighted by Crippen LogP contribution is 2.24. The van der Waals surface area contributed by atoms with E-state index in [-0.39, 0.29) is 12.7 Å². The van der Waals surface area contributed by atoms with Crippen molar-refractivity contribution in [3.8, 4) is 5.75 Å². The van der Waals surface area contributed by atoms with E-state index < -0.39 is 0 Å². The van der Waals surface area contributed by atoms with Crippen LogP contribution in [0, 0.1) is 0 Å². The van der Waals surface area contributed by atoms with Crippen molar-refractivity contribution in [2.24, 2.45) is 7.05 Å². The molecule has 0 spiro atoms. The molecule has 1 atom stereocenters. The standard InChI is InChI=1S/C20H21NO2/c1-15(14-22)23-20-10-6-4-7-16(20)11-12-18-13-17-8-3-5-9-19(17)21(18)2/h3-13,15,22H,14H2,1-2H3/b12-11+/t15-/m1/s1. The number of hydrogen-bond donors (Lipinski definition) is 1. The van der Waals surface area contributed by atoms with E-state index in [1.807, 2.05) is 37.3 Å². The number of aromatic nitrogens is 1. The van der Waals surface area contributed by atoms with Crippen LogP contribution in [0.1, 0.15) is 18.2 Å². The number of hydrogen-bond acceptors (Lipinski definition) is 2. The molecule has 0 saturated carbocycles. The summed E-state index contributed by atoms with van der Waals surface area (Å²) in [5.41, 5.74) is 3.35. The van der Waals surface area contributed by atoms with Crippen molar-refractivity contribution >= 4 is 23.1 Å². The molecule has 3 heteroatoms. The predicted molar refractivity (Wildman–Crippen MR) is 95.5 cm³/mol. The van der Waals surface area contributed by atoms with Crippen molar-refractivity contribution in [1.82, 2.24) is 4.57 Å². The summed E-state index contributed by atoms with van der Waals surface area (Å²) in [5.74, 6) is 0.782. The zero-order valence-corrected chi connectivity index (χ0v) is 13.4. The van der Waals surface area contributed by atoms with Crippen molar-refractivity contribution < 1.29 is 9.84 Å². The number of nitrogens with zero attached hydrogens (tertiary/aromatic N) is 1. The molecule has 23 heavy (non-hydrogen) atoms. The first-order valence-corrected chi connectivity index (χ1v) is 7.78.